The van der Waals surface area contributed by atoms with Crippen LogP contribution in [-0.2, 0) is 9.36 Å². The van der Waals surface area contributed by atoms with E-state index in [4.69, 9.17) is 20.1 Å². The molecule has 1 aliphatic heterocycles. The Hall–Kier alpha value is -0.530. The van der Waals surface area contributed by atoms with Crippen molar-refractivity contribution in [3.8, 4) is 0 Å². The van der Waals surface area contributed by atoms with Gasteiger partial charge in [-0.15, -0.1) is 0 Å². The number of nitrogens with zero attached hydrogens (tertiary/aromatic N) is 1. The number of alkyl halides is 1. The van der Waals surface area contributed by atoms with Crippen molar-refractivity contribution in [2.45, 2.75) is 18.1 Å². The predicted octanol–water partition coefficient (Wildman–Crippen LogP) is -1.23. The van der Waals surface area contributed by atoms with Crippen molar-refractivity contribution >= 4 is 13.5 Å². The molecule has 2 atom stereocenters. The predicted molar refractivity (Wildman–Crippen MR) is 35.1 cm³/mol. The summed E-state index contributed by atoms with van der Waals surface area (Å²) in [5.41, 5.74) is 0. The molecule has 1 fully saturated rings. The van der Waals surface area contributed by atoms with E-state index in [1.165, 1.54) is 0 Å². The van der Waals surface area contributed by atoms with Crippen LogP contribution >= 0.6 is 7.60 Å². The molecule has 0 saturated carbocycles. The second-order valence-corrected chi connectivity index (χ2v) is 4.43. The summed E-state index contributed by atoms with van der Waals surface area (Å²) >= 11 is 0. The van der Waals surface area contributed by atoms with Crippen molar-refractivity contribution in [3.63, 3.8) is 0 Å². The van der Waals surface area contributed by atoms with Crippen LogP contribution in [0.25, 0.3) is 0 Å². The van der Waals surface area contributed by atoms with Crippen molar-refractivity contribution in [1.82, 2.24) is 5.06 Å². The highest BCUT2D eigenvalue weighted by Gasteiger charge is 2.63. The summed E-state index contributed by atoms with van der Waals surface area (Å²) < 4.78 is 23.7. The molecule has 4 N–H and O–H groups in total. The zero-order valence-electron chi connectivity index (χ0n) is 6.16. The molecule has 0 aromatic carbocycles. The molecule has 13 heavy (non-hydrogen) atoms. The number of carbonyl (C=O) groups excluding carboxylic acids is 1. The fraction of sp³-hybridized carbons (Fsp3) is 0.750. The maximum atomic E-state index is 13.2. The van der Waals surface area contributed by atoms with Gasteiger partial charge in [-0.2, -0.15) is 5.06 Å². The minimum Gasteiger partial charge on any atom is -0.371 e. The number of halogens is 1. The molecule has 0 aromatic rings. The molecule has 0 bridgehead atoms. The number of hydrogen-bond donors (Lipinski definition) is 4. The fourth-order valence-corrected chi connectivity index (χ4v) is 1.72. The molecule has 1 rings (SSSR count). The average molecular weight is 215 g/mol. The van der Waals surface area contributed by atoms with Gasteiger partial charge in [-0.25, -0.2) is 4.39 Å². The smallest absolute Gasteiger partial charge is 0.371 e. The molecule has 0 spiro atoms. The van der Waals surface area contributed by atoms with Gasteiger partial charge in [0.2, 0.25) is 0 Å². The molecular formula is C4H7FNO6P. The lowest BCUT2D eigenvalue weighted by atomic mass is 10.3. The third-order valence-electron chi connectivity index (χ3n) is 1.73. The van der Waals surface area contributed by atoms with Gasteiger partial charge in [-0.05, 0) is 0 Å². The highest BCUT2D eigenvalue weighted by Crippen LogP contribution is 2.57. The Morgan fingerprint density at radius 1 is 1.62 bits per heavy atom. The Morgan fingerprint density at radius 3 is 2.23 bits per heavy atom. The third kappa shape index (κ3) is 1.36. The van der Waals surface area contributed by atoms with Gasteiger partial charge in [-0.1, -0.05) is 0 Å². The quantitative estimate of drug-likeness (QED) is 0.321. The summed E-state index contributed by atoms with van der Waals surface area (Å²) in [6.45, 7) is 0. The van der Waals surface area contributed by atoms with Crippen LogP contribution in [0.2, 0.25) is 0 Å². The molecule has 76 valence electrons. The number of rotatable bonds is 1. The van der Waals surface area contributed by atoms with Gasteiger partial charge in [0.1, 0.15) is 0 Å². The summed E-state index contributed by atoms with van der Waals surface area (Å²) in [4.78, 5) is 27.6. The van der Waals surface area contributed by atoms with E-state index in [1.54, 1.807) is 0 Å². The molecule has 0 aromatic heterocycles. The number of carbonyl (C=O) groups is 1. The maximum Gasteiger partial charge on any atom is 0.372 e. The first-order valence-electron chi connectivity index (χ1n) is 3.15. The number of hydrogen-bond acceptors (Lipinski definition) is 4. The molecule has 7 nitrogen and oxygen atoms in total. The number of aliphatic hydroxyl groups is 1. The Labute approximate surface area is 71.5 Å². The lowest BCUT2D eigenvalue weighted by molar-refractivity contribution is -0.191. The Morgan fingerprint density at radius 2 is 2.08 bits per heavy atom. The molecule has 1 saturated heterocycles. The molecule has 1 heterocycles. The monoisotopic (exact) mass is 215 g/mol. The van der Waals surface area contributed by atoms with Crippen LogP contribution in [0, 0.1) is 0 Å². The zero-order valence-corrected chi connectivity index (χ0v) is 7.06. The van der Waals surface area contributed by atoms with Gasteiger partial charge >= 0.3 is 7.60 Å². The molecular weight excluding hydrogens is 208 g/mol. The maximum absolute atomic E-state index is 13.2. The molecule has 0 radical (unpaired) electrons. The summed E-state index contributed by atoms with van der Waals surface area (Å²) in [5, 5.41) is 13.4. The van der Waals surface area contributed by atoms with E-state index in [-0.39, 0.29) is 0 Å². The van der Waals surface area contributed by atoms with Crippen LogP contribution in [0.5, 0.6) is 0 Å². The molecule has 1 aliphatic rings. The highest BCUT2D eigenvalue weighted by molar-refractivity contribution is 7.54. The van der Waals surface area contributed by atoms with E-state index < -0.39 is 36.6 Å². The van der Waals surface area contributed by atoms with Gasteiger partial charge < -0.3 is 14.9 Å². The number of hydroxylamine groups is 2. The second-order valence-electron chi connectivity index (χ2n) is 2.64. The number of amides is 1. The van der Waals surface area contributed by atoms with Crippen LogP contribution in [0.15, 0.2) is 0 Å². The van der Waals surface area contributed by atoms with Gasteiger partial charge in [0.15, 0.2) is 6.23 Å². The minimum atomic E-state index is -5.33. The SMILES string of the molecule is O=C1N(O)C(O)CC1(F)P(=O)(O)O. The van der Waals surface area contributed by atoms with Crippen molar-refractivity contribution < 1.29 is 33.9 Å². The average Bonchev–Trinajstić information content (AvgIpc) is 2.15. The van der Waals surface area contributed by atoms with Crippen molar-refractivity contribution in [2.75, 3.05) is 0 Å². The summed E-state index contributed by atoms with van der Waals surface area (Å²) in [5.74, 6) is -1.83. The summed E-state index contributed by atoms with van der Waals surface area (Å²) in [6.07, 6.45) is -3.07. The molecule has 9 heteroatoms. The molecule has 1 amide bonds. The Balaban J connectivity index is 3.09. The van der Waals surface area contributed by atoms with Gasteiger partial charge in [0.25, 0.3) is 11.3 Å². The summed E-state index contributed by atoms with van der Waals surface area (Å²) in [6, 6.07) is 0. The largest absolute Gasteiger partial charge is 0.372 e. The van der Waals surface area contributed by atoms with Crippen LogP contribution in [0.3, 0.4) is 0 Å². The number of aliphatic hydroxyl groups excluding tert-OH is 1. The Bertz CT molecular complexity index is 290. The van der Waals surface area contributed by atoms with Gasteiger partial charge in [0.05, 0.1) is 6.42 Å². The first-order valence-corrected chi connectivity index (χ1v) is 4.76. The van der Waals surface area contributed by atoms with Crippen molar-refractivity contribution in [3.05, 3.63) is 0 Å². The standard InChI is InChI=1S/C4H7FNO6P/c5-4(13(10,11)12)1-2(7)6(9)3(4)8/h2,7,9H,1H2,(H2,10,11,12). The lowest BCUT2D eigenvalue weighted by Gasteiger charge is -2.17. The third-order valence-corrected chi connectivity index (χ3v) is 3.03. The van der Waals surface area contributed by atoms with E-state index in [0.29, 0.717) is 0 Å². The summed E-state index contributed by atoms with van der Waals surface area (Å²) in [7, 11) is -5.33. The zero-order chi connectivity index (χ0) is 10.4. The first kappa shape index (κ1) is 10.6. The Kier molecular flexibility index (Phi) is 2.21. The van der Waals surface area contributed by atoms with Gasteiger partial charge in [-0.3, -0.25) is 14.6 Å². The van der Waals surface area contributed by atoms with Crippen LogP contribution < -0.4 is 0 Å². The lowest BCUT2D eigenvalue weighted by Crippen LogP contribution is -2.35. The normalized spacial score (nSPS) is 35.6. The van der Waals surface area contributed by atoms with E-state index in [2.05, 4.69) is 0 Å². The topological polar surface area (TPSA) is 118 Å². The van der Waals surface area contributed by atoms with E-state index in [0.717, 1.165) is 0 Å². The van der Waals surface area contributed by atoms with E-state index in [9.17, 15) is 13.8 Å². The van der Waals surface area contributed by atoms with Gasteiger partial charge in [0, 0.05) is 0 Å². The molecule has 0 aliphatic carbocycles. The highest BCUT2D eigenvalue weighted by atomic mass is 31.2. The van der Waals surface area contributed by atoms with Crippen LogP contribution in [0.4, 0.5) is 4.39 Å². The minimum absolute atomic E-state index is 0.431. The van der Waals surface area contributed by atoms with Crippen LogP contribution in [0.1, 0.15) is 6.42 Å². The molecule has 2 unspecified atom stereocenters. The fourth-order valence-electron chi connectivity index (χ4n) is 0.970. The second kappa shape index (κ2) is 2.73. The van der Waals surface area contributed by atoms with Crippen molar-refractivity contribution in [1.29, 1.82) is 0 Å². The van der Waals surface area contributed by atoms with E-state index >= 15 is 0 Å². The van der Waals surface area contributed by atoms with Crippen molar-refractivity contribution in [2.24, 2.45) is 0 Å². The van der Waals surface area contributed by atoms with E-state index in [1.807, 2.05) is 0 Å². The van der Waals surface area contributed by atoms with Crippen LogP contribution in [-0.4, -0.2) is 42.7 Å². The first-order chi connectivity index (χ1) is 5.70.